The monoisotopic (exact) mass is 426 g/mol. The summed E-state index contributed by atoms with van der Waals surface area (Å²) < 4.78 is 26.6. The SMILES string of the molecule is O=C(CCN=C1NS(=O)(=O)c2ccccc21)NCc1ccc(CN2CCCC2)cc1. The topological polar surface area (TPSA) is 90.9 Å². The van der Waals surface area contributed by atoms with Gasteiger partial charge in [-0.1, -0.05) is 36.4 Å². The average Bonchev–Trinajstić information content (AvgIpc) is 3.34. The van der Waals surface area contributed by atoms with E-state index in [2.05, 4.69) is 44.2 Å². The Morgan fingerprint density at radius 1 is 1.03 bits per heavy atom. The molecule has 158 valence electrons. The second-order valence-corrected chi connectivity index (χ2v) is 9.31. The fourth-order valence-electron chi connectivity index (χ4n) is 3.77. The molecule has 0 aliphatic carbocycles. The van der Waals surface area contributed by atoms with Crippen molar-refractivity contribution in [3.63, 3.8) is 0 Å². The quantitative estimate of drug-likeness (QED) is 0.709. The first-order chi connectivity index (χ1) is 14.5. The Morgan fingerprint density at radius 2 is 1.73 bits per heavy atom. The van der Waals surface area contributed by atoms with E-state index in [-0.39, 0.29) is 23.8 Å². The molecule has 2 N–H and O–H groups in total. The maximum absolute atomic E-state index is 12.1. The smallest absolute Gasteiger partial charge is 0.263 e. The van der Waals surface area contributed by atoms with Crippen LogP contribution in [0.25, 0.3) is 0 Å². The van der Waals surface area contributed by atoms with E-state index in [0.717, 1.165) is 12.1 Å². The third-order valence-corrected chi connectivity index (χ3v) is 6.79. The van der Waals surface area contributed by atoms with Crippen molar-refractivity contribution in [2.75, 3.05) is 19.6 Å². The van der Waals surface area contributed by atoms with Gasteiger partial charge in [-0.2, -0.15) is 0 Å². The molecule has 2 aromatic rings. The zero-order chi connectivity index (χ0) is 21.0. The van der Waals surface area contributed by atoms with Gasteiger partial charge in [0.05, 0.1) is 11.4 Å². The van der Waals surface area contributed by atoms with E-state index in [9.17, 15) is 13.2 Å². The third kappa shape index (κ3) is 4.88. The van der Waals surface area contributed by atoms with Crippen LogP contribution in [0.1, 0.15) is 36.0 Å². The Kier molecular flexibility index (Phi) is 6.15. The normalized spacial score (nSPS) is 18.9. The Balaban J connectivity index is 1.24. The van der Waals surface area contributed by atoms with Crippen molar-refractivity contribution in [2.24, 2.45) is 4.99 Å². The highest BCUT2D eigenvalue weighted by molar-refractivity contribution is 7.90. The largest absolute Gasteiger partial charge is 0.352 e. The molecule has 4 rings (SSSR count). The van der Waals surface area contributed by atoms with E-state index in [1.165, 1.54) is 31.5 Å². The van der Waals surface area contributed by atoms with Crippen LogP contribution in [0.15, 0.2) is 58.4 Å². The summed E-state index contributed by atoms with van der Waals surface area (Å²) in [6.45, 7) is 4.02. The number of likely N-dealkylation sites (tertiary alicyclic amines) is 1. The lowest BCUT2D eigenvalue weighted by Crippen LogP contribution is -2.25. The highest BCUT2D eigenvalue weighted by Gasteiger charge is 2.29. The van der Waals surface area contributed by atoms with Crippen molar-refractivity contribution in [1.82, 2.24) is 14.9 Å². The number of rotatable bonds is 7. The Morgan fingerprint density at radius 3 is 2.50 bits per heavy atom. The number of nitrogens with one attached hydrogen (secondary N) is 2. The van der Waals surface area contributed by atoms with Crippen LogP contribution in [0, 0.1) is 0 Å². The second-order valence-electron chi connectivity index (χ2n) is 7.66. The number of hydrogen-bond acceptors (Lipinski definition) is 5. The van der Waals surface area contributed by atoms with Gasteiger partial charge < -0.3 is 5.32 Å². The highest BCUT2D eigenvalue weighted by atomic mass is 32.2. The van der Waals surface area contributed by atoms with E-state index < -0.39 is 10.0 Å². The number of sulfonamides is 1. The number of carbonyl (C=O) groups is 1. The molecule has 2 aromatic carbocycles. The van der Waals surface area contributed by atoms with Gasteiger partial charge in [-0.05, 0) is 49.2 Å². The molecule has 1 amide bonds. The lowest BCUT2D eigenvalue weighted by Gasteiger charge is -2.14. The molecule has 30 heavy (non-hydrogen) atoms. The predicted molar refractivity (Wildman–Crippen MR) is 116 cm³/mol. The maximum atomic E-state index is 12.1. The zero-order valence-electron chi connectivity index (χ0n) is 16.8. The summed E-state index contributed by atoms with van der Waals surface area (Å²) in [6.07, 6.45) is 2.77. The standard InChI is InChI=1S/C22H26N4O3S/c27-21(11-12-23-22-19-5-1-2-6-20(19)30(28,29)25-22)24-15-17-7-9-18(10-8-17)16-26-13-3-4-14-26/h1-2,5-10H,3-4,11-16H2,(H,23,25)(H,24,27). The zero-order valence-corrected chi connectivity index (χ0v) is 17.6. The second kappa shape index (κ2) is 8.97. The van der Waals surface area contributed by atoms with Gasteiger partial charge in [-0.25, -0.2) is 8.42 Å². The van der Waals surface area contributed by atoms with Crippen molar-refractivity contribution < 1.29 is 13.2 Å². The summed E-state index contributed by atoms with van der Waals surface area (Å²) in [4.78, 5) is 19.1. The molecule has 0 unspecified atom stereocenters. The van der Waals surface area contributed by atoms with Gasteiger partial charge >= 0.3 is 0 Å². The number of fused-ring (bicyclic) bond motifs is 1. The molecular formula is C22H26N4O3S. The first kappa shape index (κ1) is 20.6. The summed E-state index contributed by atoms with van der Waals surface area (Å²) in [7, 11) is -3.55. The maximum Gasteiger partial charge on any atom is 0.263 e. The van der Waals surface area contributed by atoms with Crippen LogP contribution in [0.5, 0.6) is 0 Å². The van der Waals surface area contributed by atoms with Gasteiger partial charge in [-0.3, -0.25) is 19.4 Å². The number of benzene rings is 2. The Bertz CT molecular complexity index is 1040. The molecule has 0 spiro atoms. The molecule has 2 aliphatic rings. The molecule has 8 heteroatoms. The summed E-state index contributed by atoms with van der Waals surface area (Å²) >= 11 is 0. The van der Waals surface area contributed by atoms with Crippen molar-refractivity contribution >= 4 is 21.8 Å². The first-order valence-corrected chi connectivity index (χ1v) is 11.7. The molecule has 0 atom stereocenters. The number of amidine groups is 1. The molecule has 0 bridgehead atoms. The summed E-state index contributed by atoms with van der Waals surface area (Å²) in [6, 6.07) is 15.0. The van der Waals surface area contributed by atoms with E-state index in [1.807, 2.05) is 0 Å². The molecule has 0 aromatic heterocycles. The van der Waals surface area contributed by atoms with Gasteiger partial charge in [0, 0.05) is 25.1 Å². The molecule has 0 saturated carbocycles. The number of amides is 1. The third-order valence-electron chi connectivity index (χ3n) is 5.39. The molecular weight excluding hydrogens is 400 g/mol. The van der Waals surface area contributed by atoms with Gasteiger partial charge in [0.2, 0.25) is 5.91 Å². The lowest BCUT2D eigenvalue weighted by atomic mass is 10.1. The van der Waals surface area contributed by atoms with Crippen LogP contribution < -0.4 is 10.0 Å². The molecule has 2 heterocycles. The number of hydrogen-bond donors (Lipinski definition) is 2. The predicted octanol–water partition coefficient (Wildman–Crippen LogP) is 2.03. The first-order valence-electron chi connectivity index (χ1n) is 10.2. The van der Waals surface area contributed by atoms with E-state index in [4.69, 9.17) is 0 Å². The molecule has 7 nitrogen and oxygen atoms in total. The van der Waals surface area contributed by atoms with Gasteiger partial charge in [0.1, 0.15) is 5.84 Å². The summed E-state index contributed by atoms with van der Waals surface area (Å²) in [5.41, 5.74) is 2.89. The fraction of sp³-hybridized carbons (Fsp3) is 0.364. The van der Waals surface area contributed by atoms with Crippen molar-refractivity contribution in [3.8, 4) is 0 Å². The minimum Gasteiger partial charge on any atom is -0.352 e. The molecule has 0 radical (unpaired) electrons. The van der Waals surface area contributed by atoms with Crippen LogP contribution in [0.2, 0.25) is 0 Å². The molecule has 1 fully saturated rings. The van der Waals surface area contributed by atoms with Crippen LogP contribution in [0.3, 0.4) is 0 Å². The van der Waals surface area contributed by atoms with Gasteiger partial charge in [-0.15, -0.1) is 0 Å². The number of nitrogens with zero attached hydrogens (tertiary/aromatic N) is 2. The molecule has 1 saturated heterocycles. The van der Waals surface area contributed by atoms with Crippen LogP contribution >= 0.6 is 0 Å². The Hall–Kier alpha value is -2.71. The lowest BCUT2D eigenvalue weighted by molar-refractivity contribution is -0.121. The molecule has 2 aliphatic heterocycles. The van der Waals surface area contributed by atoms with Crippen LogP contribution in [0.4, 0.5) is 0 Å². The van der Waals surface area contributed by atoms with E-state index in [1.54, 1.807) is 24.3 Å². The van der Waals surface area contributed by atoms with E-state index >= 15 is 0 Å². The summed E-state index contributed by atoms with van der Waals surface area (Å²) in [5.74, 6) is 0.182. The van der Waals surface area contributed by atoms with Crippen molar-refractivity contribution in [1.29, 1.82) is 0 Å². The minimum absolute atomic E-state index is 0.116. The van der Waals surface area contributed by atoms with E-state index in [0.29, 0.717) is 17.9 Å². The van der Waals surface area contributed by atoms with Crippen molar-refractivity contribution in [2.45, 2.75) is 37.2 Å². The summed E-state index contributed by atoms with van der Waals surface area (Å²) in [5, 5.41) is 2.90. The fourth-order valence-corrected chi connectivity index (χ4v) is 5.02. The average molecular weight is 427 g/mol. The highest BCUT2D eigenvalue weighted by Crippen LogP contribution is 2.22. The van der Waals surface area contributed by atoms with Crippen molar-refractivity contribution in [3.05, 3.63) is 65.2 Å². The minimum atomic E-state index is -3.55. The van der Waals surface area contributed by atoms with Crippen LogP contribution in [-0.2, 0) is 27.9 Å². The van der Waals surface area contributed by atoms with Crippen LogP contribution in [-0.4, -0.2) is 44.7 Å². The number of aliphatic imine (C=N–C) groups is 1. The van der Waals surface area contributed by atoms with Gasteiger partial charge in [0.25, 0.3) is 10.0 Å². The number of carbonyl (C=O) groups excluding carboxylic acids is 1. The Labute approximate surface area is 177 Å². The van der Waals surface area contributed by atoms with Gasteiger partial charge in [0.15, 0.2) is 0 Å².